The Balaban J connectivity index is 1.57. The summed E-state index contributed by atoms with van der Waals surface area (Å²) in [5, 5.41) is 2.87. The minimum atomic E-state index is -3.51. The molecule has 144 valence electrons. The van der Waals surface area contributed by atoms with Gasteiger partial charge in [0.2, 0.25) is 10.0 Å². The van der Waals surface area contributed by atoms with Gasteiger partial charge in [0.25, 0.3) is 5.91 Å². The number of amides is 1. The van der Waals surface area contributed by atoms with Gasteiger partial charge in [0.1, 0.15) is 0 Å². The average Bonchev–Trinajstić information content (AvgIpc) is 3.21. The highest BCUT2D eigenvalue weighted by molar-refractivity contribution is 7.89. The van der Waals surface area contributed by atoms with Crippen LogP contribution >= 0.6 is 0 Å². The lowest BCUT2D eigenvalue weighted by Crippen LogP contribution is -2.24. The van der Waals surface area contributed by atoms with E-state index in [1.165, 1.54) is 42.8 Å². The van der Waals surface area contributed by atoms with Crippen molar-refractivity contribution in [3.05, 3.63) is 59.7 Å². The fourth-order valence-electron chi connectivity index (χ4n) is 3.14. The number of anilines is 1. The van der Waals surface area contributed by atoms with Crippen LogP contribution in [0.1, 0.15) is 35.7 Å². The molecular weight excluding hydrogens is 362 g/mol. The lowest BCUT2D eigenvalue weighted by Gasteiger charge is -2.17. The van der Waals surface area contributed by atoms with E-state index in [0.717, 1.165) is 18.7 Å². The molecule has 0 spiro atoms. The maximum Gasteiger partial charge on any atom is 0.251 e. The van der Waals surface area contributed by atoms with Crippen molar-refractivity contribution < 1.29 is 13.2 Å². The number of nitrogens with zero attached hydrogens (tertiary/aromatic N) is 1. The first-order chi connectivity index (χ1) is 13.0. The summed E-state index contributed by atoms with van der Waals surface area (Å²) >= 11 is 0. The van der Waals surface area contributed by atoms with Crippen LogP contribution in [0.15, 0.2) is 53.4 Å². The van der Waals surface area contributed by atoms with E-state index in [4.69, 9.17) is 0 Å². The third-order valence-corrected chi connectivity index (χ3v) is 6.18. The highest BCUT2D eigenvalue weighted by Crippen LogP contribution is 2.20. The van der Waals surface area contributed by atoms with Crippen LogP contribution in [0.4, 0.5) is 5.69 Å². The minimum Gasteiger partial charge on any atom is -0.372 e. The van der Waals surface area contributed by atoms with Crippen LogP contribution < -0.4 is 14.9 Å². The summed E-state index contributed by atoms with van der Waals surface area (Å²) in [6.45, 7) is 4.68. The predicted octanol–water partition coefficient (Wildman–Crippen LogP) is 2.51. The van der Waals surface area contributed by atoms with Gasteiger partial charge < -0.3 is 10.2 Å². The first-order valence-electron chi connectivity index (χ1n) is 9.21. The van der Waals surface area contributed by atoms with Gasteiger partial charge in [-0.15, -0.1) is 0 Å². The first kappa shape index (κ1) is 19.4. The van der Waals surface area contributed by atoms with Crippen LogP contribution in [0, 0.1) is 0 Å². The Morgan fingerprint density at radius 1 is 1.00 bits per heavy atom. The zero-order valence-electron chi connectivity index (χ0n) is 15.4. The third-order valence-electron chi connectivity index (χ3n) is 4.62. The van der Waals surface area contributed by atoms with Crippen LogP contribution in [0.25, 0.3) is 0 Å². The lowest BCUT2D eigenvalue weighted by atomic mass is 10.1. The Hall–Kier alpha value is -2.38. The molecule has 7 heteroatoms. The zero-order valence-corrected chi connectivity index (χ0v) is 16.3. The van der Waals surface area contributed by atoms with E-state index in [9.17, 15) is 13.2 Å². The fourth-order valence-corrected chi connectivity index (χ4v) is 4.18. The molecule has 2 aromatic carbocycles. The van der Waals surface area contributed by atoms with Crippen LogP contribution in [-0.4, -0.2) is 34.0 Å². The van der Waals surface area contributed by atoms with E-state index in [-0.39, 0.29) is 10.8 Å². The van der Waals surface area contributed by atoms with Crippen LogP contribution in [0.5, 0.6) is 0 Å². The maximum atomic E-state index is 12.3. The number of nitrogens with one attached hydrogen (secondary N) is 2. The second kappa shape index (κ2) is 8.54. The molecule has 0 bridgehead atoms. The Labute approximate surface area is 160 Å². The molecule has 1 aliphatic heterocycles. The van der Waals surface area contributed by atoms with E-state index in [2.05, 4.69) is 27.1 Å². The van der Waals surface area contributed by atoms with Crippen molar-refractivity contribution in [2.24, 2.45) is 0 Å². The molecule has 1 amide bonds. The van der Waals surface area contributed by atoms with Crippen LogP contribution in [0.2, 0.25) is 0 Å². The summed E-state index contributed by atoms with van der Waals surface area (Å²) in [7, 11) is -3.51. The van der Waals surface area contributed by atoms with E-state index < -0.39 is 10.0 Å². The molecule has 0 saturated carbocycles. The molecule has 0 unspecified atom stereocenters. The number of hydrogen-bond donors (Lipinski definition) is 2. The van der Waals surface area contributed by atoms with Crippen molar-refractivity contribution in [1.29, 1.82) is 0 Å². The largest absolute Gasteiger partial charge is 0.372 e. The average molecular weight is 388 g/mol. The highest BCUT2D eigenvalue weighted by Gasteiger charge is 2.14. The molecular formula is C20H25N3O3S. The molecule has 0 radical (unpaired) electrons. The van der Waals surface area contributed by atoms with Gasteiger partial charge in [-0.1, -0.05) is 19.1 Å². The lowest BCUT2D eigenvalue weighted by molar-refractivity contribution is 0.0951. The number of carbonyl (C=O) groups is 1. The smallest absolute Gasteiger partial charge is 0.251 e. The second-order valence-electron chi connectivity index (χ2n) is 6.57. The number of carbonyl (C=O) groups excluding carboxylic acids is 1. The van der Waals surface area contributed by atoms with Gasteiger partial charge in [0.05, 0.1) is 4.90 Å². The molecule has 27 heavy (non-hydrogen) atoms. The monoisotopic (exact) mass is 387 g/mol. The summed E-state index contributed by atoms with van der Waals surface area (Å²) in [5.41, 5.74) is 2.68. The Bertz CT molecular complexity index is 872. The Kier molecular flexibility index (Phi) is 6.13. The van der Waals surface area contributed by atoms with E-state index in [1.54, 1.807) is 6.92 Å². The molecule has 1 saturated heterocycles. The van der Waals surface area contributed by atoms with E-state index >= 15 is 0 Å². The SMILES string of the molecule is CCNS(=O)(=O)c1ccc(C(=O)NCc2ccc(N3CCCC3)cc2)cc1. The fraction of sp³-hybridized carbons (Fsp3) is 0.350. The number of sulfonamides is 1. The number of rotatable bonds is 7. The number of benzene rings is 2. The van der Waals surface area contributed by atoms with Crippen molar-refractivity contribution in [1.82, 2.24) is 10.0 Å². The third kappa shape index (κ3) is 4.87. The summed E-state index contributed by atoms with van der Waals surface area (Å²) in [4.78, 5) is 14.8. The van der Waals surface area contributed by atoms with E-state index in [0.29, 0.717) is 18.7 Å². The van der Waals surface area contributed by atoms with E-state index in [1.807, 2.05) is 12.1 Å². The summed E-state index contributed by atoms with van der Waals surface area (Å²) in [5.74, 6) is -0.231. The Morgan fingerprint density at radius 3 is 2.22 bits per heavy atom. The van der Waals surface area contributed by atoms with Crippen molar-refractivity contribution in [3.8, 4) is 0 Å². The minimum absolute atomic E-state index is 0.151. The predicted molar refractivity (Wildman–Crippen MR) is 106 cm³/mol. The number of hydrogen-bond acceptors (Lipinski definition) is 4. The van der Waals surface area contributed by atoms with Crippen molar-refractivity contribution >= 4 is 21.6 Å². The molecule has 0 aromatic heterocycles. The molecule has 1 heterocycles. The standard InChI is InChI=1S/C20H25N3O3S/c1-2-22-27(25,26)19-11-7-17(8-12-19)20(24)21-15-16-5-9-18(10-6-16)23-13-3-4-14-23/h5-12,22H,2-4,13-15H2,1H3,(H,21,24). The molecule has 2 N–H and O–H groups in total. The van der Waals surface area contributed by atoms with Gasteiger partial charge in [-0.2, -0.15) is 0 Å². The summed E-state index contributed by atoms with van der Waals surface area (Å²) in [6.07, 6.45) is 2.48. The molecule has 2 aromatic rings. The normalized spacial score (nSPS) is 14.3. The van der Waals surface area contributed by atoms with Gasteiger partial charge in [0.15, 0.2) is 0 Å². The van der Waals surface area contributed by atoms with Crippen LogP contribution in [-0.2, 0) is 16.6 Å². The molecule has 3 rings (SSSR count). The molecule has 0 atom stereocenters. The summed E-state index contributed by atoms with van der Waals surface area (Å²) in [6, 6.07) is 14.2. The topological polar surface area (TPSA) is 78.5 Å². The van der Waals surface area contributed by atoms with Gasteiger partial charge in [-0.05, 0) is 54.8 Å². The van der Waals surface area contributed by atoms with Crippen molar-refractivity contribution in [2.45, 2.75) is 31.2 Å². The van der Waals surface area contributed by atoms with Crippen LogP contribution in [0.3, 0.4) is 0 Å². The molecule has 1 fully saturated rings. The highest BCUT2D eigenvalue weighted by atomic mass is 32.2. The van der Waals surface area contributed by atoms with Gasteiger partial charge in [-0.3, -0.25) is 4.79 Å². The molecule has 1 aliphatic rings. The van der Waals surface area contributed by atoms with Gasteiger partial charge in [0, 0.05) is 37.4 Å². The first-order valence-corrected chi connectivity index (χ1v) is 10.7. The van der Waals surface area contributed by atoms with Gasteiger partial charge >= 0.3 is 0 Å². The van der Waals surface area contributed by atoms with Gasteiger partial charge in [-0.25, -0.2) is 13.1 Å². The zero-order chi connectivity index (χ0) is 19.3. The second-order valence-corrected chi connectivity index (χ2v) is 8.34. The molecule has 0 aliphatic carbocycles. The van der Waals surface area contributed by atoms with Crippen molar-refractivity contribution in [2.75, 3.05) is 24.5 Å². The quantitative estimate of drug-likeness (QED) is 0.765. The Morgan fingerprint density at radius 2 is 1.63 bits per heavy atom. The van der Waals surface area contributed by atoms with Crippen molar-refractivity contribution in [3.63, 3.8) is 0 Å². The molecule has 6 nitrogen and oxygen atoms in total. The maximum absolute atomic E-state index is 12.3. The summed E-state index contributed by atoms with van der Waals surface area (Å²) < 4.78 is 26.3.